The topological polar surface area (TPSA) is 52.6 Å². The second kappa shape index (κ2) is 5.86. The number of nitrogens with zero attached hydrogens (tertiary/aromatic N) is 1. The predicted molar refractivity (Wildman–Crippen MR) is 55.5 cm³/mol. The Morgan fingerprint density at radius 1 is 1.50 bits per heavy atom. The fraction of sp³-hybridized carbons (Fsp3) is 0.900. The summed E-state index contributed by atoms with van der Waals surface area (Å²) in [7, 11) is 0. The maximum absolute atomic E-state index is 11.0. The van der Waals surface area contributed by atoms with Gasteiger partial charge < -0.3 is 15.3 Å². The van der Waals surface area contributed by atoms with Crippen molar-refractivity contribution in [3.63, 3.8) is 0 Å². The molecule has 1 aliphatic rings. The predicted octanol–water partition coefficient (Wildman–Crippen LogP) is 1.52. The minimum Gasteiger partial charge on any atom is -0.465 e. The van der Waals surface area contributed by atoms with Crippen LogP contribution in [0.25, 0.3) is 0 Å². The molecule has 0 spiro atoms. The summed E-state index contributed by atoms with van der Waals surface area (Å²) in [6.45, 7) is 4.67. The first-order valence-electron chi connectivity index (χ1n) is 5.46. The Hall–Kier alpha value is -0.770. The van der Waals surface area contributed by atoms with E-state index in [-0.39, 0.29) is 6.04 Å². The van der Waals surface area contributed by atoms with Gasteiger partial charge in [0, 0.05) is 12.6 Å². The van der Waals surface area contributed by atoms with E-state index >= 15 is 0 Å². The van der Waals surface area contributed by atoms with Gasteiger partial charge in [-0.2, -0.15) is 0 Å². The molecule has 1 saturated heterocycles. The van der Waals surface area contributed by atoms with Crippen LogP contribution in [0.3, 0.4) is 0 Å². The van der Waals surface area contributed by atoms with Crippen LogP contribution < -0.4 is 5.32 Å². The average Bonchev–Trinajstić information content (AvgIpc) is 2.19. The van der Waals surface area contributed by atoms with E-state index in [9.17, 15) is 4.79 Å². The van der Waals surface area contributed by atoms with E-state index in [0.717, 1.165) is 38.8 Å². The van der Waals surface area contributed by atoms with Crippen molar-refractivity contribution >= 4 is 6.09 Å². The van der Waals surface area contributed by atoms with Crippen molar-refractivity contribution in [1.29, 1.82) is 0 Å². The highest BCUT2D eigenvalue weighted by atomic mass is 16.4. The normalized spacial score (nSPS) is 18.1. The van der Waals surface area contributed by atoms with Gasteiger partial charge in [0.2, 0.25) is 0 Å². The van der Waals surface area contributed by atoms with Crippen molar-refractivity contribution in [2.24, 2.45) is 0 Å². The monoisotopic (exact) mass is 200 g/mol. The summed E-state index contributed by atoms with van der Waals surface area (Å²) < 4.78 is 0. The summed E-state index contributed by atoms with van der Waals surface area (Å²) in [4.78, 5) is 12.6. The molecule has 82 valence electrons. The zero-order chi connectivity index (χ0) is 10.4. The molecular weight excluding hydrogens is 180 g/mol. The smallest absolute Gasteiger partial charge is 0.407 e. The fourth-order valence-corrected chi connectivity index (χ4v) is 1.88. The SMILES string of the molecule is CCCCN(C(=O)O)C1CCNCC1. The van der Waals surface area contributed by atoms with Gasteiger partial charge >= 0.3 is 6.09 Å². The summed E-state index contributed by atoms with van der Waals surface area (Å²) >= 11 is 0. The first kappa shape index (κ1) is 11.3. The number of rotatable bonds is 4. The molecule has 1 aliphatic heterocycles. The summed E-state index contributed by atoms with van der Waals surface area (Å²) in [5.41, 5.74) is 0. The summed E-state index contributed by atoms with van der Waals surface area (Å²) in [6, 6.07) is 0.236. The molecule has 1 amide bonds. The first-order valence-corrected chi connectivity index (χ1v) is 5.46. The lowest BCUT2D eigenvalue weighted by atomic mass is 10.0. The Kier molecular flexibility index (Phi) is 4.73. The van der Waals surface area contributed by atoms with Crippen LogP contribution in [-0.2, 0) is 0 Å². The van der Waals surface area contributed by atoms with Gasteiger partial charge in [0.05, 0.1) is 0 Å². The third-order valence-electron chi connectivity index (χ3n) is 2.75. The molecule has 0 saturated carbocycles. The molecule has 0 aromatic heterocycles. The summed E-state index contributed by atoms with van der Waals surface area (Å²) in [5.74, 6) is 0. The van der Waals surface area contributed by atoms with E-state index in [2.05, 4.69) is 12.2 Å². The Morgan fingerprint density at radius 3 is 2.64 bits per heavy atom. The Labute approximate surface area is 85.3 Å². The van der Waals surface area contributed by atoms with Crippen LogP contribution in [0.1, 0.15) is 32.6 Å². The van der Waals surface area contributed by atoms with Gasteiger partial charge in [0.15, 0.2) is 0 Å². The molecule has 0 bridgehead atoms. The van der Waals surface area contributed by atoms with E-state index in [1.807, 2.05) is 0 Å². The third-order valence-corrected chi connectivity index (χ3v) is 2.75. The lowest BCUT2D eigenvalue weighted by Gasteiger charge is -2.32. The highest BCUT2D eigenvalue weighted by molar-refractivity contribution is 5.65. The number of amides is 1. The molecular formula is C10H20N2O2. The van der Waals surface area contributed by atoms with Gasteiger partial charge in [-0.05, 0) is 32.4 Å². The maximum Gasteiger partial charge on any atom is 0.407 e. The lowest BCUT2D eigenvalue weighted by molar-refractivity contribution is 0.112. The number of carboxylic acid groups (broad SMARTS) is 1. The van der Waals surface area contributed by atoms with Gasteiger partial charge in [-0.25, -0.2) is 4.79 Å². The fourth-order valence-electron chi connectivity index (χ4n) is 1.88. The lowest BCUT2D eigenvalue weighted by Crippen LogP contribution is -2.46. The quantitative estimate of drug-likeness (QED) is 0.723. The van der Waals surface area contributed by atoms with Crippen LogP contribution in [0, 0.1) is 0 Å². The second-order valence-electron chi connectivity index (χ2n) is 3.81. The van der Waals surface area contributed by atoms with E-state index in [1.165, 1.54) is 0 Å². The van der Waals surface area contributed by atoms with Gasteiger partial charge in [0.25, 0.3) is 0 Å². The summed E-state index contributed by atoms with van der Waals surface area (Å²) in [6.07, 6.45) is 3.17. The molecule has 0 aliphatic carbocycles. The van der Waals surface area contributed by atoms with Gasteiger partial charge in [-0.1, -0.05) is 13.3 Å². The third kappa shape index (κ3) is 3.18. The molecule has 0 radical (unpaired) electrons. The molecule has 1 heterocycles. The van der Waals surface area contributed by atoms with Crippen molar-refractivity contribution in [2.45, 2.75) is 38.6 Å². The number of hydrogen-bond donors (Lipinski definition) is 2. The average molecular weight is 200 g/mol. The molecule has 2 N–H and O–H groups in total. The highest BCUT2D eigenvalue weighted by Gasteiger charge is 2.23. The highest BCUT2D eigenvalue weighted by Crippen LogP contribution is 2.12. The number of carbonyl (C=O) groups is 1. The van der Waals surface area contributed by atoms with E-state index in [1.54, 1.807) is 4.90 Å². The molecule has 0 aromatic rings. The second-order valence-corrected chi connectivity index (χ2v) is 3.81. The van der Waals surface area contributed by atoms with E-state index in [0.29, 0.717) is 6.54 Å². The molecule has 4 nitrogen and oxygen atoms in total. The van der Waals surface area contributed by atoms with Crippen molar-refractivity contribution in [3.8, 4) is 0 Å². The van der Waals surface area contributed by atoms with E-state index in [4.69, 9.17) is 5.11 Å². The van der Waals surface area contributed by atoms with Crippen LogP contribution in [0.4, 0.5) is 4.79 Å². The standard InChI is InChI=1S/C10H20N2O2/c1-2-3-8-12(10(13)14)9-4-6-11-7-5-9/h9,11H,2-8H2,1H3,(H,13,14). The number of piperidine rings is 1. The molecule has 0 atom stereocenters. The molecule has 14 heavy (non-hydrogen) atoms. The van der Waals surface area contributed by atoms with Crippen molar-refractivity contribution in [2.75, 3.05) is 19.6 Å². The Morgan fingerprint density at radius 2 is 2.14 bits per heavy atom. The molecule has 1 fully saturated rings. The minimum atomic E-state index is -0.759. The zero-order valence-electron chi connectivity index (χ0n) is 8.83. The zero-order valence-corrected chi connectivity index (χ0v) is 8.83. The molecule has 0 aromatic carbocycles. The Balaban J connectivity index is 2.43. The maximum atomic E-state index is 11.0. The van der Waals surface area contributed by atoms with Gasteiger partial charge in [0.1, 0.15) is 0 Å². The summed E-state index contributed by atoms with van der Waals surface area (Å²) in [5, 5.41) is 12.3. The largest absolute Gasteiger partial charge is 0.465 e. The molecule has 0 unspecified atom stereocenters. The van der Waals surface area contributed by atoms with Crippen LogP contribution in [-0.4, -0.2) is 41.8 Å². The van der Waals surface area contributed by atoms with Gasteiger partial charge in [-0.15, -0.1) is 0 Å². The van der Waals surface area contributed by atoms with E-state index < -0.39 is 6.09 Å². The van der Waals surface area contributed by atoms with Gasteiger partial charge in [-0.3, -0.25) is 0 Å². The van der Waals surface area contributed by atoms with Crippen LogP contribution in [0.15, 0.2) is 0 Å². The van der Waals surface area contributed by atoms with Crippen molar-refractivity contribution in [1.82, 2.24) is 10.2 Å². The van der Waals surface area contributed by atoms with Crippen LogP contribution >= 0.6 is 0 Å². The van der Waals surface area contributed by atoms with Crippen molar-refractivity contribution in [3.05, 3.63) is 0 Å². The Bertz CT molecular complexity index is 179. The number of hydrogen-bond acceptors (Lipinski definition) is 2. The van der Waals surface area contributed by atoms with Crippen LogP contribution in [0.5, 0.6) is 0 Å². The number of unbranched alkanes of at least 4 members (excludes halogenated alkanes) is 1. The van der Waals surface area contributed by atoms with Crippen molar-refractivity contribution < 1.29 is 9.90 Å². The first-order chi connectivity index (χ1) is 6.75. The van der Waals surface area contributed by atoms with Crippen LogP contribution in [0.2, 0.25) is 0 Å². The minimum absolute atomic E-state index is 0.236. The number of nitrogens with one attached hydrogen (secondary N) is 1. The molecule has 1 rings (SSSR count). The molecule has 4 heteroatoms.